The number of nitrogens with zero attached hydrogens (tertiary/aromatic N) is 2. The summed E-state index contributed by atoms with van der Waals surface area (Å²) < 4.78 is 0. The Kier molecular flexibility index (Phi) is 4.27. The number of carbonyl (C=O) groups is 1. The summed E-state index contributed by atoms with van der Waals surface area (Å²) in [7, 11) is 0. The molecule has 0 bridgehead atoms. The van der Waals surface area contributed by atoms with Gasteiger partial charge in [-0.2, -0.15) is 0 Å². The van der Waals surface area contributed by atoms with Crippen molar-refractivity contribution in [2.45, 2.75) is 25.8 Å². The summed E-state index contributed by atoms with van der Waals surface area (Å²) in [5, 5.41) is 9.00. The highest BCUT2D eigenvalue weighted by atomic mass is 16.4. The van der Waals surface area contributed by atoms with Gasteiger partial charge in [0.25, 0.3) is 0 Å². The molecule has 1 aliphatic heterocycles. The number of hydrogen-bond donors (Lipinski definition) is 1. The molecule has 0 aromatic heterocycles. The lowest BCUT2D eigenvalue weighted by Crippen LogP contribution is -2.47. The molecule has 21 heavy (non-hydrogen) atoms. The zero-order valence-corrected chi connectivity index (χ0v) is 12.5. The van der Waals surface area contributed by atoms with Gasteiger partial charge < -0.3 is 10.0 Å². The molecule has 1 aliphatic carbocycles. The van der Waals surface area contributed by atoms with Crippen LogP contribution in [0.1, 0.15) is 24.8 Å². The topological polar surface area (TPSA) is 43.8 Å². The molecule has 1 N–H and O–H groups in total. The van der Waals surface area contributed by atoms with Gasteiger partial charge >= 0.3 is 5.97 Å². The standard InChI is InChI=1S/C17H24N2O2/c20-16(21)12-17(6-7-17)14-19-10-8-18(9-11-19)13-15-4-2-1-3-5-15/h1-5H,6-14H2,(H,20,21). The maximum Gasteiger partial charge on any atom is 0.303 e. The number of piperazine rings is 1. The van der Waals surface area contributed by atoms with E-state index in [0.717, 1.165) is 52.1 Å². The van der Waals surface area contributed by atoms with Gasteiger partial charge in [-0.25, -0.2) is 0 Å². The molecule has 1 heterocycles. The minimum absolute atomic E-state index is 0.0907. The number of carboxylic acids is 1. The molecule has 0 atom stereocenters. The van der Waals surface area contributed by atoms with Crippen molar-refractivity contribution in [1.82, 2.24) is 9.80 Å². The number of aliphatic carboxylic acids is 1. The van der Waals surface area contributed by atoms with Gasteiger partial charge in [0.1, 0.15) is 0 Å². The molecule has 2 aliphatic rings. The van der Waals surface area contributed by atoms with E-state index in [1.165, 1.54) is 5.56 Å². The molecule has 1 aromatic rings. The summed E-state index contributed by atoms with van der Waals surface area (Å²) in [5.41, 5.74) is 1.46. The molecule has 0 radical (unpaired) electrons. The maximum absolute atomic E-state index is 10.9. The van der Waals surface area contributed by atoms with E-state index in [9.17, 15) is 4.79 Å². The lowest BCUT2D eigenvalue weighted by Gasteiger charge is -2.36. The monoisotopic (exact) mass is 288 g/mol. The van der Waals surface area contributed by atoms with Crippen LogP contribution in [0.2, 0.25) is 0 Å². The first-order chi connectivity index (χ1) is 10.2. The maximum atomic E-state index is 10.9. The Bertz CT molecular complexity index is 477. The summed E-state index contributed by atoms with van der Waals surface area (Å²) >= 11 is 0. The van der Waals surface area contributed by atoms with Crippen LogP contribution in [-0.2, 0) is 11.3 Å². The molecule has 114 valence electrons. The predicted molar refractivity (Wildman–Crippen MR) is 82.1 cm³/mol. The molecule has 0 spiro atoms. The zero-order chi connectivity index (χ0) is 14.7. The number of benzene rings is 1. The highest BCUT2D eigenvalue weighted by molar-refractivity contribution is 5.68. The Hall–Kier alpha value is -1.39. The highest BCUT2D eigenvalue weighted by Gasteiger charge is 2.45. The second-order valence-corrected chi connectivity index (χ2v) is 6.61. The van der Waals surface area contributed by atoms with Crippen LogP contribution in [0.15, 0.2) is 30.3 Å². The van der Waals surface area contributed by atoms with Gasteiger partial charge in [0.2, 0.25) is 0 Å². The van der Waals surface area contributed by atoms with Gasteiger partial charge in [0, 0.05) is 39.3 Å². The Balaban J connectivity index is 1.44. The lowest BCUT2D eigenvalue weighted by molar-refractivity contribution is -0.138. The van der Waals surface area contributed by atoms with E-state index in [0.29, 0.717) is 6.42 Å². The summed E-state index contributed by atoms with van der Waals surface area (Å²) in [6, 6.07) is 10.6. The molecule has 3 rings (SSSR count). The van der Waals surface area contributed by atoms with Crippen LogP contribution in [0.5, 0.6) is 0 Å². The van der Waals surface area contributed by atoms with Crippen LogP contribution in [0.25, 0.3) is 0 Å². The van der Waals surface area contributed by atoms with E-state index in [4.69, 9.17) is 5.11 Å². The van der Waals surface area contributed by atoms with Crippen LogP contribution in [-0.4, -0.2) is 53.6 Å². The molecular weight excluding hydrogens is 264 g/mol. The SMILES string of the molecule is O=C(O)CC1(CN2CCN(Cc3ccccc3)CC2)CC1. The second kappa shape index (κ2) is 6.16. The summed E-state index contributed by atoms with van der Waals surface area (Å²) in [6.07, 6.45) is 2.52. The average Bonchev–Trinajstić information content (AvgIpc) is 3.21. The van der Waals surface area contributed by atoms with E-state index in [2.05, 4.69) is 40.1 Å². The molecule has 0 amide bonds. The van der Waals surface area contributed by atoms with Gasteiger partial charge in [0.05, 0.1) is 6.42 Å². The van der Waals surface area contributed by atoms with Gasteiger partial charge in [0.15, 0.2) is 0 Å². The third-order valence-electron chi connectivity index (χ3n) is 4.76. The van der Waals surface area contributed by atoms with Crippen molar-refractivity contribution in [2.75, 3.05) is 32.7 Å². The number of carboxylic acid groups (broad SMARTS) is 1. The molecule has 1 saturated carbocycles. The van der Waals surface area contributed by atoms with E-state index in [1.54, 1.807) is 0 Å². The Morgan fingerprint density at radius 2 is 1.67 bits per heavy atom. The van der Waals surface area contributed by atoms with Crippen molar-refractivity contribution in [2.24, 2.45) is 5.41 Å². The fourth-order valence-corrected chi connectivity index (χ4v) is 3.31. The Morgan fingerprint density at radius 1 is 1.05 bits per heavy atom. The third-order valence-corrected chi connectivity index (χ3v) is 4.76. The van der Waals surface area contributed by atoms with Gasteiger partial charge in [-0.3, -0.25) is 9.69 Å². The Labute approximate surface area is 126 Å². The fourth-order valence-electron chi connectivity index (χ4n) is 3.31. The molecule has 4 nitrogen and oxygen atoms in total. The number of hydrogen-bond acceptors (Lipinski definition) is 3. The highest BCUT2D eigenvalue weighted by Crippen LogP contribution is 2.49. The Morgan fingerprint density at radius 3 is 2.24 bits per heavy atom. The van der Waals surface area contributed by atoms with Crippen LogP contribution in [0.4, 0.5) is 0 Å². The van der Waals surface area contributed by atoms with Crippen LogP contribution < -0.4 is 0 Å². The van der Waals surface area contributed by atoms with Gasteiger partial charge in [-0.15, -0.1) is 0 Å². The molecule has 1 aromatic carbocycles. The smallest absolute Gasteiger partial charge is 0.303 e. The van der Waals surface area contributed by atoms with Gasteiger partial charge in [-0.05, 0) is 23.8 Å². The van der Waals surface area contributed by atoms with E-state index >= 15 is 0 Å². The summed E-state index contributed by atoms with van der Waals surface area (Å²) in [5.74, 6) is -0.643. The summed E-state index contributed by atoms with van der Waals surface area (Å²) in [4.78, 5) is 15.9. The van der Waals surface area contributed by atoms with Crippen LogP contribution in [0.3, 0.4) is 0 Å². The van der Waals surface area contributed by atoms with Crippen molar-refractivity contribution in [1.29, 1.82) is 0 Å². The van der Waals surface area contributed by atoms with Crippen molar-refractivity contribution in [3.05, 3.63) is 35.9 Å². The van der Waals surface area contributed by atoms with Crippen molar-refractivity contribution in [3.8, 4) is 0 Å². The molecule has 0 unspecified atom stereocenters. The summed E-state index contributed by atoms with van der Waals surface area (Å²) in [6.45, 7) is 6.28. The molecule has 2 fully saturated rings. The minimum atomic E-state index is -0.643. The van der Waals surface area contributed by atoms with Gasteiger partial charge in [-0.1, -0.05) is 30.3 Å². The first-order valence-corrected chi connectivity index (χ1v) is 7.86. The molecule has 4 heteroatoms. The first kappa shape index (κ1) is 14.5. The normalized spacial score (nSPS) is 22.1. The van der Waals surface area contributed by atoms with E-state index in [-0.39, 0.29) is 5.41 Å². The minimum Gasteiger partial charge on any atom is -0.481 e. The van der Waals surface area contributed by atoms with Crippen molar-refractivity contribution >= 4 is 5.97 Å². The third kappa shape index (κ3) is 4.05. The van der Waals surface area contributed by atoms with Crippen LogP contribution >= 0.6 is 0 Å². The van der Waals surface area contributed by atoms with Crippen LogP contribution in [0, 0.1) is 5.41 Å². The second-order valence-electron chi connectivity index (χ2n) is 6.61. The first-order valence-electron chi connectivity index (χ1n) is 7.86. The zero-order valence-electron chi connectivity index (χ0n) is 12.5. The van der Waals surface area contributed by atoms with E-state index in [1.807, 2.05) is 0 Å². The number of rotatable bonds is 6. The van der Waals surface area contributed by atoms with Crippen molar-refractivity contribution < 1.29 is 9.90 Å². The largest absolute Gasteiger partial charge is 0.481 e. The fraction of sp³-hybridized carbons (Fsp3) is 0.588. The quantitative estimate of drug-likeness (QED) is 0.870. The average molecular weight is 288 g/mol. The van der Waals surface area contributed by atoms with Crippen molar-refractivity contribution in [3.63, 3.8) is 0 Å². The lowest BCUT2D eigenvalue weighted by atomic mass is 10.0. The predicted octanol–water partition coefficient (Wildman–Crippen LogP) is 2.06. The molecule has 1 saturated heterocycles. The molecular formula is C17H24N2O2. The van der Waals surface area contributed by atoms with E-state index < -0.39 is 5.97 Å².